The molecule has 1 atom stereocenters. The molecule has 0 bridgehead atoms. The summed E-state index contributed by atoms with van der Waals surface area (Å²) in [7, 11) is 0. The number of hydrogen-bond donors (Lipinski definition) is 2. The summed E-state index contributed by atoms with van der Waals surface area (Å²) in [6, 6.07) is 10.2. The number of benzene rings is 2. The second kappa shape index (κ2) is 10.9. The lowest BCUT2D eigenvalue weighted by atomic mass is 9.97. The first-order valence-corrected chi connectivity index (χ1v) is 10.3. The number of amides is 3. The van der Waals surface area contributed by atoms with E-state index in [2.05, 4.69) is 10.6 Å². The van der Waals surface area contributed by atoms with Crippen LogP contribution in [-0.4, -0.2) is 36.9 Å². The minimum Gasteiger partial charge on any atom is -0.344 e. The van der Waals surface area contributed by atoms with Crippen molar-refractivity contribution in [3.05, 3.63) is 65.7 Å². The van der Waals surface area contributed by atoms with Crippen molar-refractivity contribution >= 4 is 23.4 Å². The van der Waals surface area contributed by atoms with Crippen molar-refractivity contribution in [1.82, 2.24) is 10.6 Å². The second-order valence-electron chi connectivity index (χ2n) is 8.81. The number of nitrogens with zero attached hydrogens (tertiary/aromatic N) is 1. The highest BCUT2D eigenvalue weighted by molar-refractivity contribution is 6.17. The number of hydrogen-bond acceptors (Lipinski definition) is 4. The zero-order chi connectivity index (χ0) is 23.9. The van der Waals surface area contributed by atoms with Gasteiger partial charge in [0.1, 0.15) is 17.7 Å². The Morgan fingerprint density at radius 1 is 1.00 bits per heavy atom. The van der Waals surface area contributed by atoms with Gasteiger partial charge >= 0.3 is 0 Å². The average Bonchev–Trinajstić information content (AvgIpc) is 2.67. The number of halogens is 2. The largest absolute Gasteiger partial charge is 0.344 e. The predicted molar refractivity (Wildman–Crippen MR) is 119 cm³/mol. The first-order valence-electron chi connectivity index (χ1n) is 10.3. The molecular weight excluding hydrogens is 416 g/mol. The van der Waals surface area contributed by atoms with Crippen LogP contribution in [0.3, 0.4) is 0 Å². The molecule has 2 rings (SSSR count). The van der Waals surface area contributed by atoms with Gasteiger partial charge in [-0.1, -0.05) is 39.0 Å². The SMILES string of the molecule is C[C@H](NC(=O)Cc1cc(F)cc(F)c1)C(=O)N(C(=O)CNCC(C)(C)C)c1ccccc1. The van der Waals surface area contributed by atoms with Crippen LogP contribution in [0, 0.1) is 17.0 Å². The Morgan fingerprint density at radius 2 is 1.59 bits per heavy atom. The number of carbonyl (C=O) groups excluding carboxylic acids is 3. The highest BCUT2D eigenvalue weighted by Crippen LogP contribution is 2.16. The van der Waals surface area contributed by atoms with E-state index in [4.69, 9.17) is 0 Å². The summed E-state index contributed by atoms with van der Waals surface area (Å²) in [5.74, 6) is -3.25. The van der Waals surface area contributed by atoms with Crippen LogP contribution in [0.25, 0.3) is 0 Å². The van der Waals surface area contributed by atoms with E-state index in [1.54, 1.807) is 30.3 Å². The van der Waals surface area contributed by atoms with Crippen molar-refractivity contribution in [1.29, 1.82) is 0 Å². The van der Waals surface area contributed by atoms with Crippen molar-refractivity contribution in [2.75, 3.05) is 18.0 Å². The highest BCUT2D eigenvalue weighted by atomic mass is 19.1. The van der Waals surface area contributed by atoms with Gasteiger partial charge in [0.2, 0.25) is 11.8 Å². The molecule has 0 fully saturated rings. The van der Waals surface area contributed by atoms with E-state index in [-0.39, 0.29) is 23.9 Å². The summed E-state index contributed by atoms with van der Waals surface area (Å²) < 4.78 is 26.7. The third-order valence-corrected chi connectivity index (χ3v) is 4.45. The molecule has 2 aromatic rings. The van der Waals surface area contributed by atoms with Gasteiger partial charge in [-0.15, -0.1) is 0 Å². The molecule has 0 spiro atoms. The normalized spacial score (nSPS) is 12.2. The lowest BCUT2D eigenvalue weighted by Crippen LogP contribution is -2.52. The fourth-order valence-corrected chi connectivity index (χ4v) is 3.04. The third kappa shape index (κ3) is 7.85. The van der Waals surface area contributed by atoms with Gasteiger partial charge in [0.15, 0.2) is 0 Å². The molecule has 6 nitrogen and oxygen atoms in total. The zero-order valence-corrected chi connectivity index (χ0v) is 18.7. The molecule has 0 unspecified atom stereocenters. The quantitative estimate of drug-likeness (QED) is 0.654. The van der Waals surface area contributed by atoms with Crippen LogP contribution in [0.5, 0.6) is 0 Å². The molecule has 32 heavy (non-hydrogen) atoms. The lowest BCUT2D eigenvalue weighted by Gasteiger charge is -2.26. The fourth-order valence-electron chi connectivity index (χ4n) is 3.04. The fraction of sp³-hybridized carbons (Fsp3) is 0.375. The van der Waals surface area contributed by atoms with Crippen molar-refractivity contribution in [2.45, 2.75) is 40.2 Å². The maximum atomic E-state index is 13.4. The van der Waals surface area contributed by atoms with Crippen LogP contribution >= 0.6 is 0 Å². The number of carbonyl (C=O) groups is 3. The molecule has 0 aliphatic carbocycles. The minimum absolute atomic E-state index is 0.0421. The molecule has 0 saturated heterocycles. The standard InChI is InChI=1S/C24H29F2N3O3/c1-16(28-21(30)12-17-10-18(25)13-19(26)11-17)23(32)29(20-8-6-5-7-9-20)22(31)14-27-15-24(2,3)4/h5-11,13,16,27H,12,14-15H2,1-4H3,(H,28,30)/t16-/m0/s1. The molecule has 3 amide bonds. The van der Waals surface area contributed by atoms with Crippen LogP contribution in [0.1, 0.15) is 33.3 Å². The number of anilines is 1. The summed E-state index contributed by atoms with van der Waals surface area (Å²) in [4.78, 5) is 39.3. The number of imide groups is 1. The van der Waals surface area contributed by atoms with E-state index in [1.807, 2.05) is 20.8 Å². The molecule has 2 aromatic carbocycles. The average molecular weight is 446 g/mol. The minimum atomic E-state index is -1.03. The molecule has 172 valence electrons. The molecule has 0 radical (unpaired) electrons. The Morgan fingerprint density at radius 3 is 2.16 bits per heavy atom. The summed E-state index contributed by atoms with van der Waals surface area (Å²) in [6.45, 7) is 8.04. The molecule has 0 saturated carbocycles. The molecule has 0 heterocycles. The van der Waals surface area contributed by atoms with Gasteiger partial charge in [0, 0.05) is 12.6 Å². The lowest BCUT2D eigenvalue weighted by molar-refractivity contribution is -0.130. The molecule has 2 N–H and O–H groups in total. The van der Waals surface area contributed by atoms with E-state index in [9.17, 15) is 23.2 Å². The summed E-state index contributed by atoms with van der Waals surface area (Å²) in [5.41, 5.74) is 0.481. The first kappa shape index (κ1) is 25.1. The van der Waals surface area contributed by atoms with Crippen LogP contribution in [0.15, 0.2) is 48.5 Å². The topological polar surface area (TPSA) is 78.5 Å². The highest BCUT2D eigenvalue weighted by Gasteiger charge is 2.28. The predicted octanol–water partition coefficient (Wildman–Crippen LogP) is 3.21. The van der Waals surface area contributed by atoms with Crippen molar-refractivity contribution in [3.8, 4) is 0 Å². The molecule has 0 aliphatic heterocycles. The van der Waals surface area contributed by atoms with Crippen molar-refractivity contribution in [2.24, 2.45) is 5.41 Å². The third-order valence-electron chi connectivity index (χ3n) is 4.45. The maximum Gasteiger partial charge on any atom is 0.256 e. The molecule has 0 aliphatic rings. The van der Waals surface area contributed by atoms with E-state index in [0.717, 1.165) is 17.0 Å². The first-order chi connectivity index (χ1) is 15.0. The van der Waals surface area contributed by atoms with E-state index >= 15 is 0 Å². The Bertz CT molecular complexity index is 938. The monoisotopic (exact) mass is 445 g/mol. The van der Waals surface area contributed by atoms with Crippen LogP contribution < -0.4 is 15.5 Å². The smallest absolute Gasteiger partial charge is 0.256 e. The second-order valence-corrected chi connectivity index (χ2v) is 8.81. The Labute approximate surface area is 187 Å². The van der Waals surface area contributed by atoms with Gasteiger partial charge in [-0.05, 0) is 42.2 Å². The van der Waals surface area contributed by atoms with Crippen molar-refractivity contribution < 1.29 is 23.2 Å². The number of rotatable bonds is 8. The number of para-hydroxylation sites is 1. The summed E-state index contributed by atoms with van der Waals surface area (Å²) in [6.07, 6.45) is -0.307. The Kier molecular flexibility index (Phi) is 8.60. The molecule has 8 heteroatoms. The van der Waals surface area contributed by atoms with E-state index < -0.39 is 35.4 Å². The van der Waals surface area contributed by atoms with Gasteiger partial charge in [-0.3, -0.25) is 14.4 Å². The Balaban J connectivity index is 2.10. The van der Waals surface area contributed by atoms with Crippen LogP contribution in [-0.2, 0) is 20.8 Å². The van der Waals surface area contributed by atoms with Gasteiger partial charge in [0.25, 0.3) is 5.91 Å². The van der Waals surface area contributed by atoms with Gasteiger partial charge in [-0.25, -0.2) is 13.7 Å². The summed E-state index contributed by atoms with van der Waals surface area (Å²) in [5, 5.41) is 5.56. The summed E-state index contributed by atoms with van der Waals surface area (Å²) >= 11 is 0. The number of nitrogens with one attached hydrogen (secondary N) is 2. The van der Waals surface area contributed by atoms with Gasteiger partial charge in [0.05, 0.1) is 18.7 Å². The zero-order valence-electron chi connectivity index (χ0n) is 18.7. The van der Waals surface area contributed by atoms with Gasteiger partial charge in [-0.2, -0.15) is 0 Å². The molecule has 0 aromatic heterocycles. The van der Waals surface area contributed by atoms with Crippen LogP contribution in [0.2, 0.25) is 0 Å². The molecular formula is C24H29F2N3O3. The maximum absolute atomic E-state index is 13.4. The van der Waals surface area contributed by atoms with Crippen LogP contribution in [0.4, 0.5) is 14.5 Å². The van der Waals surface area contributed by atoms with E-state index in [0.29, 0.717) is 18.3 Å². The van der Waals surface area contributed by atoms with Gasteiger partial charge < -0.3 is 10.6 Å². The van der Waals surface area contributed by atoms with E-state index in [1.165, 1.54) is 6.92 Å². The van der Waals surface area contributed by atoms with Crippen molar-refractivity contribution in [3.63, 3.8) is 0 Å². The Hall–Kier alpha value is -3.13.